The van der Waals surface area contributed by atoms with Crippen molar-refractivity contribution in [2.75, 3.05) is 35.4 Å². The molecule has 3 unspecified atom stereocenters. The summed E-state index contributed by atoms with van der Waals surface area (Å²) in [4.78, 5) is 31.4. The van der Waals surface area contributed by atoms with Gasteiger partial charge in [0.15, 0.2) is 18.4 Å². The number of fused-ring (bicyclic) bond motifs is 5. The maximum atomic E-state index is 15.2. The van der Waals surface area contributed by atoms with Gasteiger partial charge in [0.1, 0.15) is 24.4 Å². The number of carbonyl (C=O) groups excluding carboxylic acids is 2. The van der Waals surface area contributed by atoms with Gasteiger partial charge in [-0.3, -0.25) is 9.59 Å². The highest BCUT2D eigenvalue weighted by Gasteiger charge is 2.60. The summed E-state index contributed by atoms with van der Waals surface area (Å²) in [6, 6.07) is 10.2. The van der Waals surface area contributed by atoms with Gasteiger partial charge in [-0.05, 0) is 122 Å². The summed E-state index contributed by atoms with van der Waals surface area (Å²) in [5, 5.41) is 16.9. The molecule has 0 aromatic heterocycles. The molecule has 6 aliphatic rings. The van der Waals surface area contributed by atoms with Crippen LogP contribution in [-0.4, -0.2) is 137 Å². The molecule has 5 fully saturated rings. The predicted octanol–water partition coefficient (Wildman–Crippen LogP) is 6.19. The number of aliphatic hydroxyl groups excluding tert-OH is 1. The van der Waals surface area contributed by atoms with Crippen LogP contribution in [0.15, 0.2) is 42.0 Å². The molecule has 1 aromatic carbocycles. The second kappa shape index (κ2) is 20.7. The first-order chi connectivity index (χ1) is 30.1. The molecule has 1 aromatic rings. The number of Topliss-reactive ketones (excluding diaryl/α,β-unsaturated/α-hetero) is 1. The van der Waals surface area contributed by atoms with Crippen LogP contribution in [0.4, 0.5) is 0 Å². The van der Waals surface area contributed by atoms with E-state index in [2.05, 4.69) is 63.3 Å². The highest BCUT2D eigenvalue weighted by atomic mass is 16.7. The van der Waals surface area contributed by atoms with E-state index < -0.39 is 54.2 Å². The molecule has 0 radical (unpaired) electrons. The van der Waals surface area contributed by atoms with Gasteiger partial charge in [-0.25, -0.2) is 0 Å². The Morgan fingerprint density at radius 3 is 2.21 bits per heavy atom. The number of likely N-dealkylation sites (N-methyl/N-ethyl adjacent to an activating group) is 1. The molecule has 354 valence electrons. The number of esters is 1. The third kappa shape index (κ3) is 10.2. The Labute approximate surface area is 376 Å². The van der Waals surface area contributed by atoms with Crippen LogP contribution in [0, 0.1) is 35.5 Å². The zero-order valence-corrected chi connectivity index (χ0v) is 39.8. The number of aliphatic hydroxyl groups is 1. The lowest BCUT2D eigenvalue weighted by Gasteiger charge is -2.49. The fourth-order valence-corrected chi connectivity index (χ4v) is 12.6. The van der Waals surface area contributed by atoms with E-state index in [9.17, 15) is 9.90 Å². The molecule has 7 rings (SSSR count). The van der Waals surface area contributed by atoms with Crippen molar-refractivity contribution >= 4 is 11.8 Å². The number of carbonyl (C=O) groups is 2. The van der Waals surface area contributed by atoms with Gasteiger partial charge in [-0.1, -0.05) is 50.3 Å². The van der Waals surface area contributed by atoms with Crippen LogP contribution in [0.2, 0.25) is 0 Å². The van der Waals surface area contributed by atoms with Crippen LogP contribution in [0.25, 0.3) is 0 Å². The van der Waals surface area contributed by atoms with E-state index in [0.717, 1.165) is 24.8 Å². The summed E-state index contributed by atoms with van der Waals surface area (Å²) in [7, 11) is 9.09. The molecule has 13 heteroatoms. The Morgan fingerprint density at radius 1 is 0.857 bits per heavy atom. The van der Waals surface area contributed by atoms with E-state index in [1.807, 2.05) is 39.0 Å². The topological polar surface area (TPSA) is 143 Å². The van der Waals surface area contributed by atoms with E-state index in [1.54, 1.807) is 21.3 Å². The molecule has 3 aliphatic carbocycles. The fraction of sp³-hybridized carbons (Fsp3) is 0.800. The van der Waals surface area contributed by atoms with Crippen molar-refractivity contribution in [1.82, 2.24) is 10.2 Å². The van der Waals surface area contributed by atoms with Gasteiger partial charge in [-0.2, -0.15) is 0 Å². The summed E-state index contributed by atoms with van der Waals surface area (Å²) in [5.41, 5.74) is 1.20. The Kier molecular flexibility index (Phi) is 16.0. The zero-order chi connectivity index (χ0) is 45.3. The summed E-state index contributed by atoms with van der Waals surface area (Å²) < 4.78 is 50.5. The lowest BCUT2D eigenvalue weighted by Crippen LogP contribution is -2.61. The standard InChI is InChI=1S/C50H78N2O11/c1-12-31-19-16-20-39(63-41-22-21-38(52(7)8)28(3)59-41)27(2)44(54)37-25-34-33-23-32(62-49-48(58-11)47(57-10)46(56-9)29(4)60-49)24-36(33)43(45(55)42(34)35(37)26-40(53)61-31)51-50(5,6)30-17-14-13-15-18-30/h13-15,17-18,25,27-29,31-36,38-39,41-43,45-49,51,55H,12,16,19-24,26H2,1-11H3/t27-,28?,29?,31+,32+,33+,34+,35-,36-,38+,39+,41+,42-,43+,45+,46+,47-,48?,49+/m1/s1. The molecule has 2 saturated carbocycles. The summed E-state index contributed by atoms with van der Waals surface area (Å²) in [6.45, 7) is 12.4. The number of allylic oxidation sites excluding steroid dienone is 2. The molecular formula is C50H78N2O11. The minimum absolute atomic E-state index is 0.0100. The summed E-state index contributed by atoms with van der Waals surface area (Å²) in [6.07, 6.45) is 3.51. The number of nitrogens with one attached hydrogen (secondary N) is 1. The summed E-state index contributed by atoms with van der Waals surface area (Å²) in [5.74, 6) is -1.92. The molecule has 19 atom stereocenters. The number of hydrogen-bond acceptors (Lipinski definition) is 13. The number of ketones is 1. The van der Waals surface area contributed by atoms with Crippen LogP contribution in [0.3, 0.4) is 0 Å². The molecule has 0 amide bonds. The molecule has 0 bridgehead atoms. The molecule has 13 nitrogen and oxygen atoms in total. The lowest BCUT2D eigenvalue weighted by molar-refractivity contribution is -0.314. The number of benzene rings is 1. The molecule has 63 heavy (non-hydrogen) atoms. The Bertz CT molecular complexity index is 1710. The van der Waals surface area contributed by atoms with Gasteiger partial charge < -0.3 is 53.2 Å². The van der Waals surface area contributed by atoms with Gasteiger partial charge in [0.05, 0.1) is 36.9 Å². The highest BCUT2D eigenvalue weighted by molar-refractivity contribution is 5.99. The van der Waals surface area contributed by atoms with Crippen molar-refractivity contribution in [2.24, 2.45) is 35.5 Å². The van der Waals surface area contributed by atoms with E-state index in [4.69, 9.17) is 37.9 Å². The Balaban J connectivity index is 1.22. The van der Waals surface area contributed by atoms with Crippen molar-refractivity contribution < 1.29 is 52.6 Å². The molecular weight excluding hydrogens is 805 g/mol. The van der Waals surface area contributed by atoms with Crippen LogP contribution in [0.5, 0.6) is 0 Å². The van der Waals surface area contributed by atoms with E-state index in [1.165, 1.54) is 0 Å². The Hall–Kier alpha value is -2.30. The molecule has 2 N–H and O–H groups in total. The maximum Gasteiger partial charge on any atom is 0.306 e. The SMILES string of the molecule is CC[C@H]1CCC[C@H](O[C@H]2CC[C@H](N(C)C)C(C)O2)[C@@H](C)C(=O)C2=C[C@H]3[C@@H]4C[C@H](O[C@@H]5OC(C)[C@H](OC)[C@@H](OC)C5OC)C[C@H]4[C@H](NC(C)(C)c4ccccc4)[C@@H](O)[C@H]3[C@@H]2CC(=O)O1. The largest absolute Gasteiger partial charge is 0.462 e. The number of cyclic esters (lactones) is 1. The second-order valence-corrected chi connectivity index (χ2v) is 20.3. The zero-order valence-electron chi connectivity index (χ0n) is 39.8. The fourth-order valence-electron chi connectivity index (χ4n) is 12.6. The molecule has 3 heterocycles. The first-order valence-electron chi connectivity index (χ1n) is 23.9. The number of hydrogen-bond donors (Lipinski definition) is 2. The minimum atomic E-state index is -0.880. The monoisotopic (exact) mass is 883 g/mol. The molecule has 0 spiro atoms. The van der Waals surface area contributed by atoms with Crippen molar-refractivity contribution in [1.29, 1.82) is 0 Å². The quantitative estimate of drug-likeness (QED) is 0.231. The highest BCUT2D eigenvalue weighted by Crippen LogP contribution is 2.57. The van der Waals surface area contributed by atoms with Gasteiger partial charge in [0, 0.05) is 56.7 Å². The third-order valence-electron chi connectivity index (χ3n) is 15.9. The van der Waals surface area contributed by atoms with Gasteiger partial charge >= 0.3 is 5.97 Å². The van der Waals surface area contributed by atoms with E-state index >= 15 is 4.79 Å². The van der Waals surface area contributed by atoms with Crippen LogP contribution in [-0.2, 0) is 53.0 Å². The second-order valence-electron chi connectivity index (χ2n) is 20.3. The van der Waals surface area contributed by atoms with Crippen molar-refractivity contribution in [3.8, 4) is 0 Å². The maximum absolute atomic E-state index is 15.2. The summed E-state index contributed by atoms with van der Waals surface area (Å²) >= 11 is 0. The van der Waals surface area contributed by atoms with Crippen LogP contribution < -0.4 is 5.32 Å². The van der Waals surface area contributed by atoms with Crippen molar-refractivity contribution in [3.63, 3.8) is 0 Å². The number of methoxy groups -OCH3 is 3. The number of rotatable bonds is 12. The average molecular weight is 883 g/mol. The number of ether oxygens (including phenoxy) is 8. The normalized spacial score (nSPS) is 42.7. The van der Waals surface area contributed by atoms with Gasteiger partial charge in [0.25, 0.3) is 0 Å². The van der Waals surface area contributed by atoms with Crippen molar-refractivity contribution in [3.05, 3.63) is 47.5 Å². The lowest BCUT2D eigenvalue weighted by atomic mass is 9.62. The first-order valence-corrected chi connectivity index (χ1v) is 23.9. The smallest absolute Gasteiger partial charge is 0.306 e. The number of nitrogens with zero attached hydrogens (tertiary/aromatic N) is 1. The predicted molar refractivity (Wildman–Crippen MR) is 237 cm³/mol. The Morgan fingerprint density at radius 2 is 1.56 bits per heavy atom. The van der Waals surface area contributed by atoms with Gasteiger partial charge in [-0.15, -0.1) is 0 Å². The molecule has 3 saturated heterocycles. The average Bonchev–Trinajstić information content (AvgIpc) is 3.85. The van der Waals surface area contributed by atoms with Crippen molar-refractivity contribution in [2.45, 2.75) is 184 Å². The van der Waals surface area contributed by atoms with Crippen LogP contribution in [0.1, 0.15) is 105 Å². The minimum Gasteiger partial charge on any atom is -0.462 e. The molecule has 3 aliphatic heterocycles. The van der Waals surface area contributed by atoms with E-state index in [0.29, 0.717) is 43.7 Å². The van der Waals surface area contributed by atoms with E-state index in [-0.39, 0.29) is 78.6 Å². The van der Waals surface area contributed by atoms with Gasteiger partial charge in [0.2, 0.25) is 0 Å². The third-order valence-corrected chi connectivity index (χ3v) is 15.9. The van der Waals surface area contributed by atoms with Crippen LogP contribution >= 0.6 is 0 Å². The first kappa shape index (κ1) is 48.6.